The van der Waals surface area contributed by atoms with Gasteiger partial charge in [-0.2, -0.15) is 0 Å². The van der Waals surface area contributed by atoms with Crippen LogP contribution in [0.25, 0.3) is 5.76 Å². The van der Waals surface area contributed by atoms with Gasteiger partial charge in [-0.15, -0.1) is 0 Å². The number of nitrogens with zero attached hydrogens (tertiary/aromatic N) is 2. The molecule has 1 unspecified atom stereocenters. The zero-order valence-corrected chi connectivity index (χ0v) is 20.9. The molecule has 2 aromatic rings. The molecular weight excluding hydrogens is 428 g/mol. The third-order valence-corrected chi connectivity index (χ3v) is 6.24. The zero-order chi connectivity index (χ0) is 24.8. The molecule has 0 aliphatic carbocycles. The Balaban J connectivity index is 2.03. The Bertz CT molecular complexity index is 1040. The molecule has 1 atom stereocenters. The van der Waals surface area contributed by atoms with Gasteiger partial charge in [-0.3, -0.25) is 9.59 Å². The summed E-state index contributed by atoms with van der Waals surface area (Å²) in [5.41, 5.74) is 2.24. The summed E-state index contributed by atoms with van der Waals surface area (Å²) < 4.78 is 5.80. The highest BCUT2D eigenvalue weighted by molar-refractivity contribution is 6.46. The van der Waals surface area contributed by atoms with E-state index in [1.165, 1.54) is 0 Å². The van der Waals surface area contributed by atoms with Crippen LogP contribution in [-0.2, 0) is 9.59 Å². The first-order valence-corrected chi connectivity index (χ1v) is 12.1. The fraction of sp³-hybridized carbons (Fsp3) is 0.429. The number of Topliss-reactive ketones (excluding diaryl/α,β-unsaturated/α-hetero) is 1. The minimum Gasteiger partial charge on any atom is -0.507 e. The first kappa shape index (κ1) is 25.5. The van der Waals surface area contributed by atoms with Crippen LogP contribution in [0.3, 0.4) is 0 Å². The van der Waals surface area contributed by atoms with Crippen molar-refractivity contribution in [2.45, 2.75) is 40.7 Å². The number of carbonyl (C=O) groups excluding carboxylic acids is 2. The van der Waals surface area contributed by atoms with Gasteiger partial charge in [0.15, 0.2) is 0 Å². The van der Waals surface area contributed by atoms with Crippen LogP contribution in [0.4, 0.5) is 0 Å². The molecule has 1 aliphatic heterocycles. The Hall–Kier alpha value is -3.12. The van der Waals surface area contributed by atoms with E-state index < -0.39 is 17.7 Å². The van der Waals surface area contributed by atoms with E-state index in [2.05, 4.69) is 32.6 Å². The lowest BCUT2D eigenvalue weighted by Crippen LogP contribution is -2.38. The lowest BCUT2D eigenvalue weighted by molar-refractivity contribution is -0.140. The minimum absolute atomic E-state index is 0.134. The second kappa shape index (κ2) is 11.3. The number of carbonyl (C=O) groups is 2. The summed E-state index contributed by atoms with van der Waals surface area (Å²) in [4.78, 5) is 30.1. The first-order chi connectivity index (χ1) is 16.3. The van der Waals surface area contributed by atoms with E-state index >= 15 is 0 Å². The summed E-state index contributed by atoms with van der Waals surface area (Å²) in [7, 11) is 0. The summed E-state index contributed by atoms with van der Waals surface area (Å²) in [6, 6.07) is 14.2. The minimum atomic E-state index is -0.648. The number of ether oxygens (including phenoxy) is 1. The van der Waals surface area contributed by atoms with Crippen LogP contribution in [0, 0.1) is 12.8 Å². The second-order valence-corrected chi connectivity index (χ2v) is 9.11. The molecule has 0 bridgehead atoms. The standard InChI is InChI=1S/C28H36N2O4/c1-6-29(7-2)15-16-30-25(21-11-9-8-10-12-21)24(27(32)28(30)33)26(31)23-14-13-22(17-20(23)5)34-18-19(3)4/h8-14,17,19,25,31H,6-7,15-16,18H2,1-5H3/b26-24+. The SMILES string of the molecule is CCN(CC)CCN1C(=O)C(=O)/C(=C(/O)c2ccc(OCC(C)C)cc2C)C1c1ccccc1. The van der Waals surface area contributed by atoms with Crippen LogP contribution in [0.2, 0.25) is 0 Å². The third-order valence-electron chi connectivity index (χ3n) is 6.24. The topological polar surface area (TPSA) is 70.1 Å². The largest absolute Gasteiger partial charge is 0.507 e. The van der Waals surface area contributed by atoms with Gasteiger partial charge in [0.1, 0.15) is 11.5 Å². The molecule has 1 aliphatic rings. The predicted octanol–water partition coefficient (Wildman–Crippen LogP) is 4.79. The normalized spacial score (nSPS) is 17.7. The number of aryl methyl sites for hydroxylation is 1. The Kier molecular flexibility index (Phi) is 8.51. The van der Waals surface area contributed by atoms with Crippen LogP contribution < -0.4 is 4.74 Å². The van der Waals surface area contributed by atoms with Crippen LogP contribution in [-0.4, -0.2) is 59.4 Å². The quantitative estimate of drug-likeness (QED) is 0.311. The van der Waals surface area contributed by atoms with E-state index in [4.69, 9.17) is 4.74 Å². The maximum Gasteiger partial charge on any atom is 0.295 e. The highest BCUT2D eigenvalue weighted by atomic mass is 16.5. The van der Waals surface area contributed by atoms with Crippen molar-refractivity contribution in [1.82, 2.24) is 9.80 Å². The zero-order valence-electron chi connectivity index (χ0n) is 20.9. The molecule has 6 heteroatoms. The van der Waals surface area contributed by atoms with E-state index in [0.717, 1.165) is 24.2 Å². The molecule has 1 fully saturated rings. The van der Waals surface area contributed by atoms with Gasteiger partial charge in [0.05, 0.1) is 18.2 Å². The molecule has 34 heavy (non-hydrogen) atoms. The third kappa shape index (κ3) is 5.50. The van der Waals surface area contributed by atoms with Crippen molar-refractivity contribution in [3.8, 4) is 5.75 Å². The van der Waals surface area contributed by atoms with Crippen molar-refractivity contribution in [3.05, 3.63) is 70.8 Å². The maximum absolute atomic E-state index is 13.2. The van der Waals surface area contributed by atoms with Crippen LogP contribution in [0.1, 0.15) is 50.4 Å². The smallest absolute Gasteiger partial charge is 0.295 e. The van der Waals surface area contributed by atoms with E-state index in [1.807, 2.05) is 43.3 Å². The fourth-order valence-corrected chi connectivity index (χ4v) is 4.28. The number of benzene rings is 2. The van der Waals surface area contributed by atoms with Gasteiger partial charge in [0, 0.05) is 18.7 Å². The van der Waals surface area contributed by atoms with Crippen LogP contribution in [0.15, 0.2) is 54.1 Å². The summed E-state index contributed by atoms with van der Waals surface area (Å²) in [5.74, 6) is -0.262. The van der Waals surface area contributed by atoms with Crippen LogP contribution >= 0.6 is 0 Å². The van der Waals surface area contributed by atoms with Gasteiger partial charge in [-0.1, -0.05) is 58.0 Å². The molecule has 1 heterocycles. The van der Waals surface area contributed by atoms with Crippen molar-refractivity contribution in [1.29, 1.82) is 0 Å². The van der Waals surface area contributed by atoms with E-state index in [-0.39, 0.29) is 11.3 Å². The number of aliphatic hydroxyl groups is 1. The molecule has 0 saturated carbocycles. The monoisotopic (exact) mass is 464 g/mol. The number of aliphatic hydroxyl groups excluding tert-OH is 1. The lowest BCUT2D eigenvalue weighted by atomic mass is 9.94. The van der Waals surface area contributed by atoms with Gasteiger partial charge in [0.25, 0.3) is 11.7 Å². The number of ketones is 1. The number of likely N-dealkylation sites (N-methyl/N-ethyl adjacent to an activating group) is 1. The number of hydrogen-bond acceptors (Lipinski definition) is 5. The maximum atomic E-state index is 13.2. The first-order valence-electron chi connectivity index (χ1n) is 12.1. The highest BCUT2D eigenvalue weighted by Crippen LogP contribution is 2.40. The summed E-state index contributed by atoms with van der Waals surface area (Å²) >= 11 is 0. The Morgan fingerprint density at radius 3 is 2.35 bits per heavy atom. The van der Waals surface area contributed by atoms with E-state index in [0.29, 0.717) is 36.9 Å². The molecule has 0 spiro atoms. The molecule has 0 radical (unpaired) electrons. The summed E-state index contributed by atoms with van der Waals surface area (Å²) in [6.45, 7) is 13.6. The van der Waals surface area contributed by atoms with E-state index in [1.54, 1.807) is 17.0 Å². The summed E-state index contributed by atoms with van der Waals surface area (Å²) in [5, 5.41) is 11.3. The molecule has 3 rings (SSSR count). The van der Waals surface area contributed by atoms with Gasteiger partial charge >= 0.3 is 0 Å². The van der Waals surface area contributed by atoms with Crippen LogP contribution in [0.5, 0.6) is 5.75 Å². The Morgan fingerprint density at radius 2 is 1.76 bits per heavy atom. The van der Waals surface area contributed by atoms with Gasteiger partial charge in [-0.25, -0.2) is 0 Å². The highest BCUT2D eigenvalue weighted by Gasteiger charge is 2.46. The predicted molar refractivity (Wildman–Crippen MR) is 135 cm³/mol. The Labute approximate surface area is 202 Å². The molecule has 1 N–H and O–H groups in total. The summed E-state index contributed by atoms with van der Waals surface area (Å²) in [6.07, 6.45) is 0. The Morgan fingerprint density at radius 1 is 1.09 bits per heavy atom. The average molecular weight is 465 g/mol. The van der Waals surface area contributed by atoms with Crippen molar-refractivity contribution in [2.75, 3.05) is 32.8 Å². The number of hydrogen-bond donors (Lipinski definition) is 1. The van der Waals surface area contributed by atoms with Crippen molar-refractivity contribution in [2.24, 2.45) is 5.92 Å². The van der Waals surface area contributed by atoms with E-state index in [9.17, 15) is 14.7 Å². The van der Waals surface area contributed by atoms with Gasteiger partial charge < -0.3 is 19.6 Å². The molecular formula is C28H36N2O4. The fourth-order valence-electron chi connectivity index (χ4n) is 4.28. The second-order valence-electron chi connectivity index (χ2n) is 9.11. The number of rotatable bonds is 10. The number of likely N-dealkylation sites (tertiary alicyclic amines) is 1. The van der Waals surface area contributed by atoms with Crippen molar-refractivity contribution >= 4 is 17.4 Å². The average Bonchev–Trinajstić information content (AvgIpc) is 3.08. The van der Waals surface area contributed by atoms with Gasteiger partial charge in [-0.05, 0) is 55.3 Å². The lowest BCUT2D eigenvalue weighted by Gasteiger charge is -2.28. The van der Waals surface area contributed by atoms with Gasteiger partial charge in [0.2, 0.25) is 0 Å². The molecule has 182 valence electrons. The van der Waals surface area contributed by atoms with Crippen molar-refractivity contribution in [3.63, 3.8) is 0 Å². The van der Waals surface area contributed by atoms with Crippen molar-refractivity contribution < 1.29 is 19.4 Å². The molecule has 6 nitrogen and oxygen atoms in total. The molecule has 1 saturated heterocycles. The molecule has 1 amide bonds. The molecule has 2 aromatic carbocycles. The number of amides is 1. The molecule has 0 aromatic heterocycles.